The highest BCUT2D eigenvalue weighted by Crippen LogP contribution is 2.26. The van der Waals surface area contributed by atoms with Crippen molar-refractivity contribution in [3.63, 3.8) is 0 Å². The van der Waals surface area contributed by atoms with E-state index in [1.807, 2.05) is 23.1 Å². The van der Waals surface area contributed by atoms with Gasteiger partial charge < -0.3 is 4.98 Å². The molecular formula is C23H25F2N7O2S. The van der Waals surface area contributed by atoms with Crippen molar-refractivity contribution in [1.82, 2.24) is 33.9 Å². The Bertz CT molecular complexity index is 1420. The normalized spacial score (nSPS) is 16.7. The Labute approximate surface area is 201 Å². The number of hydrogen-bond acceptors (Lipinski definition) is 6. The maximum absolute atomic E-state index is 13.6. The number of sulfonamides is 1. The molecule has 12 heteroatoms. The molecule has 1 aliphatic heterocycles. The summed E-state index contributed by atoms with van der Waals surface area (Å²) in [6.07, 6.45) is 7.95. The molecule has 1 aliphatic rings. The van der Waals surface area contributed by atoms with Crippen molar-refractivity contribution >= 4 is 21.1 Å². The van der Waals surface area contributed by atoms with E-state index in [1.165, 1.54) is 10.6 Å². The number of hydrogen-bond donors (Lipinski definition) is 1. The standard InChI is InChI=1S/C23H25F2N7O2S/c1-2-19(32-13-16(12-29-32)22-21-3-4-26-23(21)28-15-27-22)14-30-5-7-31(8-6-30)35(33,34)20-10-17(24)9-18(25)11-20/h3-4,9-13,15,19H,2,5-8,14H2,1H3,(H,26,27,28). The fourth-order valence-corrected chi connectivity index (χ4v) is 5.90. The van der Waals surface area contributed by atoms with Crippen LogP contribution in [0.25, 0.3) is 22.3 Å². The highest BCUT2D eigenvalue weighted by atomic mass is 32.2. The number of benzene rings is 1. The quantitative estimate of drug-likeness (QED) is 0.418. The first kappa shape index (κ1) is 23.5. The molecule has 5 rings (SSSR count). The van der Waals surface area contributed by atoms with Crippen molar-refractivity contribution in [2.24, 2.45) is 0 Å². The third-order valence-electron chi connectivity index (χ3n) is 6.35. The topological polar surface area (TPSA) is 100 Å². The number of nitrogens with zero attached hydrogens (tertiary/aromatic N) is 6. The number of aromatic nitrogens is 5. The first-order valence-electron chi connectivity index (χ1n) is 11.4. The monoisotopic (exact) mass is 501 g/mol. The maximum Gasteiger partial charge on any atom is 0.243 e. The summed E-state index contributed by atoms with van der Waals surface area (Å²) in [5.74, 6) is -1.82. The molecule has 0 amide bonds. The average Bonchev–Trinajstić information content (AvgIpc) is 3.52. The molecule has 184 valence electrons. The van der Waals surface area contributed by atoms with Crippen molar-refractivity contribution in [2.75, 3.05) is 32.7 Å². The highest BCUT2D eigenvalue weighted by molar-refractivity contribution is 7.89. The van der Waals surface area contributed by atoms with Gasteiger partial charge in [0.05, 0.1) is 22.8 Å². The Kier molecular flexibility index (Phi) is 6.34. The van der Waals surface area contributed by atoms with E-state index in [9.17, 15) is 17.2 Å². The molecule has 3 aromatic heterocycles. The number of piperazine rings is 1. The molecule has 35 heavy (non-hydrogen) atoms. The molecule has 1 saturated heterocycles. The molecule has 9 nitrogen and oxygen atoms in total. The lowest BCUT2D eigenvalue weighted by Gasteiger charge is -2.35. The molecular weight excluding hydrogens is 476 g/mol. The van der Waals surface area contributed by atoms with Gasteiger partial charge in [0.25, 0.3) is 0 Å². The fraction of sp³-hybridized carbons (Fsp3) is 0.348. The third kappa shape index (κ3) is 4.68. The van der Waals surface area contributed by atoms with Crippen LogP contribution in [0.3, 0.4) is 0 Å². The van der Waals surface area contributed by atoms with Crippen LogP contribution in [0.5, 0.6) is 0 Å². The van der Waals surface area contributed by atoms with E-state index in [2.05, 4.69) is 31.9 Å². The minimum atomic E-state index is -3.96. The zero-order chi connectivity index (χ0) is 24.6. The Morgan fingerprint density at radius 2 is 1.83 bits per heavy atom. The number of rotatable bonds is 7. The molecule has 0 bridgehead atoms. The lowest BCUT2D eigenvalue weighted by molar-refractivity contribution is 0.160. The van der Waals surface area contributed by atoms with Gasteiger partial charge in [-0.05, 0) is 24.6 Å². The summed E-state index contributed by atoms with van der Waals surface area (Å²) in [4.78, 5) is 13.6. The van der Waals surface area contributed by atoms with Gasteiger partial charge in [0.1, 0.15) is 23.6 Å². The fourth-order valence-electron chi connectivity index (χ4n) is 4.44. The first-order chi connectivity index (χ1) is 16.8. The molecule has 1 N–H and O–H groups in total. The van der Waals surface area contributed by atoms with Crippen LogP contribution in [0.1, 0.15) is 19.4 Å². The Balaban J connectivity index is 1.25. The van der Waals surface area contributed by atoms with Crippen LogP contribution in [0.4, 0.5) is 8.78 Å². The molecule has 0 radical (unpaired) electrons. The van der Waals surface area contributed by atoms with Crippen LogP contribution in [-0.4, -0.2) is 75.1 Å². The second-order valence-electron chi connectivity index (χ2n) is 8.54. The minimum Gasteiger partial charge on any atom is -0.346 e. The first-order valence-corrected chi connectivity index (χ1v) is 12.8. The summed E-state index contributed by atoms with van der Waals surface area (Å²) in [6, 6.07) is 4.39. The van der Waals surface area contributed by atoms with Crippen LogP contribution in [0.15, 0.2) is 54.1 Å². The zero-order valence-corrected chi connectivity index (χ0v) is 19.9. The van der Waals surface area contributed by atoms with E-state index in [0.29, 0.717) is 25.7 Å². The number of fused-ring (bicyclic) bond motifs is 1. The van der Waals surface area contributed by atoms with Crippen LogP contribution in [-0.2, 0) is 10.0 Å². The van der Waals surface area contributed by atoms with Gasteiger partial charge >= 0.3 is 0 Å². The van der Waals surface area contributed by atoms with Gasteiger partial charge in [-0.2, -0.15) is 9.40 Å². The van der Waals surface area contributed by atoms with Crippen molar-refractivity contribution < 1.29 is 17.2 Å². The molecule has 1 aromatic carbocycles. The Morgan fingerprint density at radius 1 is 1.09 bits per heavy atom. The summed E-state index contributed by atoms with van der Waals surface area (Å²) in [7, 11) is -3.96. The maximum atomic E-state index is 13.6. The largest absolute Gasteiger partial charge is 0.346 e. The van der Waals surface area contributed by atoms with Gasteiger partial charge in [-0.15, -0.1) is 0 Å². The van der Waals surface area contributed by atoms with E-state index in [4.69, 9.17) is 0 Å². The summed E-state index contributed by atoms with van der Waals surface area (Å²) in [5, 5.41) is 5.50. The van der Waals surface area contributed by atoms with Gasteiger partial charge in [-0.1, -0.05) is 6.92 Å². The molecule has 1 fully saturated rings. The highest BCUT2D eigenvalue weighted by Gasteiger charge is 2.30. The molecule has 4 aromatic rings. The van der Waals surface area contributed by atoms with E-state index in [-0.39, 0.29) is 24.0 Å². The van der Waals surface area contributed by atoms with Gasteiger partial charge in [0, 0.05) is 62.1 Å². The average molecular weight is 502 g/mol. The van der Waals surface area contributed by atoms with E-state index in [1.54, 1.807) is 6.20 Å². The SMILES string of the molecule is CCC(CN1CCN(S(=O)(=O)c2cc(F)cc(F)c2)CC1)n1cc(-c2ncnc3[nH]ccc23)cn1. The number of nitrogens with one attached hydrogen (secondary N) is 1. The van der Waals surface area contributed by atoms with E-state index in [0.717, 1.165) is 40.8 Å². The minimum absolute atomic E-state index is 0.0905. The summed E-state index contributed by atoms with van der Waals surface area (Å²) < 4.78 is 56.0. The van der Waals surface area contributed by atoms with Crippen molar-refractivity contribution in [3.05, 3.63) is 60.8 Å². The molecule has 0 saturated carbocycles. The molecule has 1 atom stereocenters. The summed E-state index contributed by atoms with van der Waals surface area (Å²) in [6.45, 7) is 4.29. The predicted octanol–water partition coefficient (Wildman–Crippen LogP) is 3.06. The summed E-state index contributed by atoms with van der Waals surface area (Å²) in [5.41, 5.74) is 2.47. The molecule has 0 spiro atoms. The third-order valence-corrected chi connectivity index (χ3v) is 8.22. The molecule has 0 aliphatic carbocycles. The van der Waals surface area contributed by atoms with E-state index < -0.39 is 21.7 Å². The van der Waals surface area contributed by atoms with E-state index >= 15 is 0 Å². The van der Waals surface area contributed by atoms with Gasteiger partial charge in [0.15, 0.2) is 0 Å². The second kappa shape index (κ2) is 9.44. The molecule has 4 heterocycles. The number of aromatic amines is 1. The van der Waals surface area contributed by atoms with Crippen LogP contribution in [0, 0.1) is 11.6 Å². The number of halogens is 2. The lowest BCUT2D eigenvalue weighted by Crippen LogP contribution is -2.49. The van der Waals surface area contributed by atoms with Gasteiger partial charge in [-0.3, -0.25) is 9.58 Å². The lowest BCUT2D eigenvalue weighted by atomic mass is 10.1. The Hall–Kier alpha value is -3.22. The predicted molar refractivity (Wildman–Crippen MR) is 126 cm³/mol. The van der Waals surface area contributed by atoms with Crippen LogP contribution >= 0.6 is 0 Å². The van der Waals surface area contributed by atoms with Gasteiger partial charge in [-0.25, -0.2) is 27.2 Å². The van der Waals surface area contributed by atoms with Crippen molar-refractivity contribution in [3.8, 4) is 11.3 Å². The smallest absolute Gasteiger partial charge is 0.243 e. The summed E-state index contributed by atoms with van der Waals surface area (Å²) >= 11 is 0. The number of H-pyrrole nitrogens is 1. The van der Waals surface area contributed by atoms with Crippen LogP contribution in [0.2, 0.25) is 0 Å². The van der Waals surface area contributed by atoms with Crippen LogP contribution < -0.4 is 0 Å². The Morgan fingerprint density at radius 3 is 2.54 bits per heavy atom. The van der Waals surface area contributed by atoms with Crippen molar-refractivity contribution in [1.29, 1.82) is 0 Å². The second-order valence-corrected chi connectivity index (χ2v) is 10.5. The zero-order valence-electron chi connectivity index (χ0n) is 19.1. The van der Waals surface area contributed by atoms with Gasteiger partial charge in [0.2, 0.25) is 10.0 Å². The molecule has 1 unspecified atom stereocenters. The van der Waals surface area contributed by atoms with Crippen molar-refractivity contribution in [2.45, 2.75) is 24.3 Å².